The minimum absolute atomic E-state index is 0.0120. The number of hydrogen-bond acceptors (Lipinski definition) is 7. The van der Waals surface area contributed by atoms with Crippen LogP contribution in [-0.2, 0) is 26.2 Å². The Morgan fingerprint density at radius 1 is 0.456 bits per heavy atom. The van der Waals surface area contributed by atoms with Crippen molar-refractivity contribution < 1.29 is 19.2 Å². The van der Waals surface area contributed by atoms with Gasteiger partial charge in [-0.25, -0.2) is 9.59 Å². The van der Waals surface area contributed by atoms with E-state index in [1.807, 2.05) is 12.1 Å². The van der Waals surface area contributed by atoms with Gasteiger partial charge in [0.25, 0.3) is 5.91 Å². The largest absolute Gasteiger partial charge is 0.336 e. The Kier molecular flexibility index (Phi) is 12.6. The Hall–Kier alpha value is -4.58. The number of rotatable bonds is 6. The zero-order chi connectivity index (χ0) is 40.9. The summed E-state index contributed by atoms with van der Waals surface area (Å²) >= 11 is 0. The number of imide groups is 1. The molecule has 0 aromatic heterocycles. The summed E-state index contributed by atoms with van der Waals surface area (Å²) in [6, 6.07) is 31.3. The van der Waals surface area contributed by atoms with Gasteiger partial charge in [-0.3, -0.25) is 29.6 Å². The molecule has 11 nitrogen and oxygen atoms in total. The average Bonchev–Trinajstić information content (AvgIpc) is 3.72. The second-order valence-electron chi connectivity index (χ2n) is 17.5. The molecule has 0 unspecified atom stereocenters. The van der Waals surface area contributed by atoms with Crippen molar-refractivity contribution in [2.45, 2.75) is 105 Å². The SMILES string of the molecule is CN(C)C1(c2ccccc2)CCC(=O)CC1.CN(C)C1(c2ccccc2)CCC2(CC1)CNC(=O)N2.CN(C)C1(c2ccccc2)CCC2(CC1)NC(=O)NC2=O. The predicted molar refractivity (Wildman–Crippen MR) is 225 cm³/mol. The molecule has 5 fully saturated rings. The predicted octanol–water partition coefficient (Wildman–Crippen LogP) is 6.25. The molecule has 5 aliphatic rings. The van der Waals surface area contributed by atoms with E-state index in [4.69, 9.17) is 0 Å². The van der Waals surface area contributed by atoms with Crippen molar-refractivity contribution in [3.63, 3.8) is 0 Å². The molecule has 5 amide bonds. The van der Waals surface area contributed by atoms with E-state index in [1.54, 1.807) is 0 Å². The van der Waals surface area contributed by atoms with Crippen LogP contribution in [0.2, 0.25) is 0 Å². The van der Waals surface area contributed by atoms with Gasteiger partial charge in [-0.2, -0.15) is 0 Å². The first-order chi connectivity index (χ1) is 27.2. The summed E-state index contributed by atoms with van der Waals surface area (Å²) in [7, 11) is 12.7. The first-order valence-electron chi connectivity index (χ1n) is 20.6. The number of Topliss-reactive ketones (excluding diaryl/α,β-unsaturated/α-hetero) is 1. The van der Waals surface area contributed by atoms with Crippen molar-refractivity contribution >= 4 is 23.8 Å². The maximum absolute atomic E-state index is 12.1. The fraction of sp³-hybridized carbons (Fsp3) is 0.522. The molecule has 57 heavy (non-hydrogen) atoms. The zero-order valence-corrected chi connectivity index (χ0v) is 34.8. The Morgan fingerprint density at radius 2 is 0.842 bits per heavy atom. The minimum atomic E-state index is -0.703. The van der Waals surface area contributed by atoms with Gasteiger partial charge < -0.3 is 16.0 Å². The molecule has 306 valence electrons. The fourth-order valence-electron chi connectivity index (χ4n) is 10.2. The lowest BCUT2D eigenvalue weighted by Crippen LogP contribution is -2.55. The van der Waals surface area contributed by atoms with E-state index in [-0.39, 0.29) is 40.1 Å². The molecule has 2 heterocycles. The van der Waals surface area contributed by atoms with Gasteiger partial charge >= 0.3 is 12.1 Å². The highest BCUT2D eigenvalue weighted by Gasteiger charge is 2.53. The van der Waals surface area contributed by atoms with Crippen LogP contribution in [-0.4, -0.2) is 98.4 Å². The number of carbonyl (C=O) groups is 4. The molecule has 3 aliphatic carbocycles. The molecule has 4 N–H and O–H groups in total. The van der Waals surface area contributed by atoms with Crippen LogP contribution in [0.25, 0.3) is 0 Å². The summed E-state index contributed by atoms with van der Waals surface area (Å²) in [6.07, 6.45) is 10.5. The van der Waals surface area contributed by atoms with Crippen LogP contribution < -0.4 is 21.3 Å². The van der Waals surface area contributed by atoms with E-state index in [0.717, 1.165) is 57.9 Å². The summed E-state index contributed by atoms with van der Waals surface area (Å²) in [4.78, 5) is 53.2. The molecule has 0 atom stereocenters. The van der Waals surface area contributed by atoms with Crippen molar-refractivity contribution in [1.29, 1.82) is 0 Å². The monoisotopic (exact) mass is 777 g/mol. The van der Waals surface area contributed by atoms with Crippen molar-refractivity contribution in [3.05, 3.63) is 108 Å². The number of hydrogen-bond donors (Lipinski definition) is 4. The van der Waals surface area contributed by atoms with Gasteiger partial charge in [0.1, 0.15) is 11.3 Å². The van der Waals surface area contributed by atoms with Crippen LogP contribution in [0.3, 0.4) is 0 Å². The number of benzene rings is 3. The molecule has 0 radical (unpaired) electrons. The lowest BCUT2D eigenvalue weighted by Gasteiger charge is -2.48. The first kappa shape index (κ1) is 42.0. The Balaban J connectivity index is 0.000000146. The van der Waals surface area contributed by atoms with Gasteiger partial charge in [0.15, 0.2) is 0 Å². The number of nitrogens with zero attached hydrogens (tertiary/aromatic N) is 3. The molecule has 2 spiro atoms. The van der Waals surface area contributed by atoms with Gasteiger partial charge in [0, 0.05) is 36.0 Å². The number of ketones is 1. The Labute approximate surface area is 339 Å². The van der Waals surface area contributed by atoms with Crippen molar-refractivity contribution in [2.24, 2.45) is 0 Å². The van der Waals surface area contributed by atoms with E-state index < -0.39 is 5.54 Å². The van der Waals surface area contributed by atoms with E-state index in [0.29, 0.717) is 31.5 Å². The highest BCUT2D eigenvalue weighted by Crippen LogP contribution is 2.46. The van der Waals surface area contributed by atoms with Crippen LogP contribution in [0.15, 0.2) is 91.0 Å². The minimum Gasteiger partial charge on any atom is -0.336 e. The molecule has 2 aliphatic heterocycles. The maximum Gasteiger partial charge on any atom is 0.322 e. The molecule has 3 aromatic carbocycles. The second kappa shape index (κ2) is 17.1. The fourth-order valence-corrected chi connectivity index (χ4v) is 10.2. The first-order valence-corrected chi connectivity index (χ1v) is 20.6. The van der Waals surface area contributed by atoms with E-state index in [2.05, 4.69) is 157 Å². The molecule has 3 saturated carbocycles. The topological polar surface area (TPSA) is 126 Å². The second-order valence-corrected chi connectivity index (χ2v) is 17.5. The third-order valence-electron chi connectivity index (χ3n) is 14.1. The highest BCUT2D eigenvalue weighted by molar-refractivity contribution is 6.07. The Morgan fingerprint density at radius 3 is 1.18 bits per heavy atom. The molecule has 3 aromatic rings. The van der Waals surface area contributed by atoms with Crippen LogP contribution in [0.4, 0.5) is 9.59 Å². The van der Waals surface area contributed by atoms with Crippen molar-refractivity contribution in [2.75, 3.05) is 48.8 Å². The quantitative estimate of drug-likeness (QED) is 0.218. The maximum atomic E-state index is 12.1. The molecular formula is C46H63N7O4. The van der Waals surface area contributed by atoms with Gasteiger partial charge in [-0.1, -0.05) is 91.0 Å². The standard InChI is InChI=1S/C16H21N3O2.C16H23N3O.C14H19NO/c1-19(2)16(12-6-4-3-5-7-12)10-8-15(9-11-16)13(20)17-14(21)18-15;1-19(2)16(13-6-4-3-5-7-13)10-8-15(9-11-16)12-17-14(20)18-15;1-15(2)14(10-8-13(16)9-11-14)12-6-4-3-5-7-12/h3-7H,8-11H2,1-2H3,(H2,17,18,20,21);3-7H,8-12H2,1-2H3,(H2,17,18,20);3-7H,8-11H2,1-2H3. The van der Waals surface area contributed by atoms with Gasteiger partial charge in [-0.05, 0) is 123 Å². The van der Waals surface area contributed by atoms with Gasteiger partial charge in [0.05, 0.1) is 5.54 Å². The molecular weight excluding hydrogens is 715 g/mol. The molecule has 0 bridgehead atoms. The summed E-state index contributed by atoms with van der Waals surface area (Å²) in [5.74, 6) is 0.237. The summed E-state index contributed by atoms with van der Waals surface area (Å²) in [6.45, 7) is 0.768. The van der Waals surface area contributed by atoms with Crippen LogP contribution in [0, 0.1) is 0 Å². The summed E-state index contributed by atoms with van der Waals surface area (Å²) in [5, 5.41) is 11.2. The lowest BCUT2D eigenvalue weighted by atomic mass is 9.68. The molecule has 11 heteroatoms. The molecule has 2 saturated heterocycles. The number of nitrogens with one attached hydrogen (secondary N) is 4. The van der Waals surface area contributed by atoms with Crippen molar-refractivity contribution in [3.8, 4) is 0 Å². The molecule has 8 rings (SSSR count). The third kappa shape index (κ3) is 8.52. The number of amides is 5. The highest BCUT2D eigenvalue weighted by atomic mass is 16.2. The Bertz CT molecular complexity index is 1840. The van der Waals surface area contributed by atoms with Gasteiger partial charge in [-0.15, -0.1) is 0 Å². The lowest BCUT2D eigenvalue weighted by molar-refractivity contribution is -0.126. The van der Waals surface area contributed by atoms with E-state index >= 15 is 0 Å². The van der Waals surface area contributed by atoms with E-state index in [9.17, 15) is 19.2 Å². The van der Waals surface area contributed by atoms with Crippen LogP contribution in [0.5, 0.6) is 0 Å². The normalized spacial score (nSPS) is 29.2. The zero-order valence-electron chi connectivity index (χ0n) is 34.8. The van der Waals surface area contributed by atoms with E-state index in [1.165, 1.54) is 16.7 Å². The number of carbonyl (C=O) groups excluding carboxylic acids is 4. The number of urea groups is 2. The summed E-state index contributed by atoms with van der Waals surface area (Å²) < 4.78 is 0. The smallest absolute Gasteiger partial charge is 0.322 e. The van der Waals surface area contributed by atoms with Gasteiger partial charge in [0.2, 0.25) is 0 Å². The van der Waals surface area contributed by atoms with Crippen LogP contribution >= 0.6 is 0 Å². The summed E-state index contributed by atoms with van der Waals surface area (Å²) in [5.41, 5.74) is 3.37. The average molecular weight is 778 g/mol. The van der Waals surface area contributed by atoms with Crippen molar-refractivity contribution in [1.82, 2.24) is 36.0 Å². The third-order valence-corrected chi connectivity index (χ3v) is 14.1. The van der Waals surface area contributed by atoms with Crippen LogP contribution in [0.1, 0.15) is 93.7 Å².